The van der Waals surface area contributed by atoms with Gasteiger partial charge in [0.2, 0.25) is 11.8 Å². The van der Waals surface area contributed by atoms with Crippen LogP contribution < -0.4 is 16.0 Å². The van der Waals surface area contributed by atoms with Crippen LogP contribution in [0.3, 0.4) is 0 Å². The zero-order valence-corrected chi connectivity index (χ0v) is 28.2. The minimum absolute atomic E-state index is 0.00818. The molecule has 1 saturated heterocycles. The topological polar surface area (TPSA) is 164 Å². The van der Waals surface area contributed by atoms with Crippen LogP contribution in [0, 0.1) is 11.8 Å². The van der Waals surface area contributed by atoms with E-state index in [1.807, 2.05) is 52.0 Å². The van der Waals surface area contributed by atoms with Crippen molar-refractivity contribution < 1.29 is 33.5 Å². The van der Waals surface area contributed by atoms with Gasteiger partial charge in [-0.05, 0) is 43.7 Å². The number of aromatic amines is 1. The molecule has 3 amide bonds. The number of allylic oxidation sites excluding steroid dienone is 3. The van der Waals surface area contributed by atoms with E-state index in [1.165, 1.54) is 6.08 Å². The Labute approximate surface area is 272 Å². The van der Waals surface area contributed by atoms with Crippen LogP contribution in [0.2, 0.25) is 0 Å². The molecule has 2 aromatic rings. The highest BCUT2D eigenvalue weighted by atomic mass is 16.5. The molecule has 252 valence electrons. The van der Waals surface area contributed by atoms with Crippen LogP contribution in [0.1, 0.15) is 84.6 Å². The molecule has 1 aromatic carbocycles. The summed E-state index contributed by atoms with van der Waals surface area (Å²) in [6.07, 6.45) is 6.78. The van der Waals surface area contributed by atoms with Gasteiger partial charge in [0.15, 0.2) is 12.4 Å². The zero-order chi connectivity index (χ0) is 34.6. The number of hydrogen-bond donors (Lipinski definition) is 4. The van der Waals surface area contributed by atoms with Crippen molar-refractivity contribution >= 4 is 46.2 Å². The summed E-state index contributed by atoms with van der Waals surface area (Å²) in [5.41, 5.74) is 1.24. The molecule has 46 heavy (non-hydrogen) atoms. The monoisotopic (exact) mass is 638 g/mol. The third-order valence-electron chi connectivity index (χ3n) is 6.38. The maximum absolute atomic E-state index is 12.9. The maximum atomic E-state index is 12.9. The van der Waals surface area contributed by atoms with Crippen molar-refractivity contribution in [2.75, 3.05) is 19.7 Å². The molecule has 2 unspecified atom stereocenters. The molecule has 1 aromatic heterocycles. The molecule has 0 radical (unpaired) electrons. The van der Waals surface area contributed by atoms with E-state index in [-0.39, 0.29) is 23.6 Å². The fourth-order valence-corrected chi connectivity index (χ4v) is 4.32. The van der Waals surface area contributed by atoms with Gasteiger partial charge < -0.3 is 25.7 Å². The Morgan fingerprint density at radius 1 is 1.00 bits per heavy atom. The minimum atomic E-state index is -1.18. The van der Waals surface area contributed by atoms with E-state index >= 15 is 0 Å². The summed E-state index contributed by atoms with van der Waals surface area (Å²) < 4.78 is 4.92. The molecule has 1 fully saturated rings. The van der Waals surface area contributed by atoms with Gasteiger partial charge in [-0.3, -0.25) is 24.0 Å². The molecule has 0 bridgehead atoms. The molecule has 1 aliphatic heterocycles. The number of para-hydroxylation sites is 1. The number of esters is 1. The normalized spacial score (nSPS) is 15.3. The maximum Gasteiger partial charge on any atom is 0.380 e. The Morgan fingerprint density at radius 2 is 1.67 bits per heavy atom. The van der Waals surface area contributed by atoms with Crippen molar-refractivity contribution in [3.63, 3.8) is 0 Å². The van der Waals surface area contributed by atoms with Gasteiger partial charge in [-0.15, -0.1) is 0 Å². The quantitative estimate of drug-likeness (QED) is 0.207. The predicted octanol–water partition coefficient (Wildman–Crippen LogP) is 4.58. The van der Waals surface area contributed by atoms with Crippen molar-refractivity contribution in [3.8, 4) is 0 Å². The average Bonchev–Trinajstić information content (AvgIpc) is 3.69. The van der Waals surface area contributed by atoms with Crippen molar-refractivity contribution in [3.05, 3.63) is 59.8 Å². The predicted molar refractivity (Wildman–Crippen MR) is 179 cm³/mol. The fraction of sp³-hybridized carbons (Fsp3) is 0.486. The average molecular weight is 639 g/mol. The number of hydrogen-bond acceptors (Lipinski definition) is 7. The molecule has 11 nitrogen and oxygen atoms in total. The molecule has 0 spiro atoms. The first-order valence-corrected chi connectivity index (χ1v) is 16.1. The van der Waals surface area contributed by atoms with Gasteiger partial charge in [0.25, 0.3) is 11.7 Å². The number of Topliss-reactive ketones (excluding diaryl/α,β-unsaturated/α-hetero) is 2. The molecule has 2 aliphatic rings. The summed E-state index contributed by atoms with van der Waals surface area (Å²) in [7, 11) is 0. The van der Waals surface area contributed by atoms with Crippen LogP contribution in [0.5, 0.6) is 0 Å². The van der Waals surface area contributed by atoms with Gasteiger partial charge in [0.1, 0.15) is 5.69 Å². The number of nitrogens with one attached hydrogen (secondary N) is 4. The van der Waals surface area contributed by atoms with Gasteiger partial charge in [0, 0.05) is 28.9 Å². The van der Waals surface area contributed by atoms with Gasteiger partial charge >= 0.3 is 5.97 Å². The Morgan fingerprint density at radius 3 is 2.26 bits per heavy atom. The molecule has 11 heteroatoms. The van der Waals surface area contributed by atoms with E-state index in [0.717, 1.165) is 23.2 Å². The largest absolute Gasteiger partial charge is 0.452 e. The summed E-state index contributed by atoms with van der Waals surface area (Å²) >= 11 is 0. The number of rotatable bonds is 11. The number of benzene rings is 1. The fourth-order valence-electron chi connectivity index (χ4n) is 4.32. The lowest BCUT2D eigenvalue weighted by Crippen LogP contribution is -2.48. The number of carbonyl (C=O) groups is 6. The molecule has 1 aliphatic carbocycles. The Balaban J connectivity index is 0.00000121. The first-order chi connectivity index (χ1) is 22.0. The van der Waals surface area contributed by atoms with E-state index in [0.29, 0.717) is 19.4 Å². The highest BCUT2D eigenvalue weighted by Gasteiger charge is 2.32. The van der Waals surface area contributed by atoms with Gasteiger partial charge in [-0.25, -0.2) is 4.79 Å². The molecule has 4 rings (SSSR count). The lowest BCUT2D eigenvalue weighted by molar-refractivity contribution is -0.154. The lowest BCUT2D eigenvalue weighted by atomic mass is 9.96. The molecule has 2 atom stereocenters. The summed E-state index contributed by atoms with van der Waals surface area (Å²) in [4.78, 5) is 77.4. The van der Waals surface area contributed by atoms with E-state index < -0.39 is 54.5 Å². The number of ether oxygens (including phenoxy) is 1. The lowest BCUT2D eigenvalue weighted by Gasteiger charge is -2.20. The van der Waals surface area contributed by atoms with Crippen molar-refractivity contribution in [1.29, 1.82) is 0 Å². The Hall–Kier alpha value is -4.54. The van der Waals surface area contributed by atoms with Crippen LogP contribution in [0.15, 0.2) is 54.1 Å². The van der Waals surface area contributed by atoms with Crippen LogP contribution in [0.25, 0.3) is 10.9 Å². The third-order valence-corrected chi connectivity index (χ3v) is 6.38. The second-order valence-electron chi connectivity index (χ2n) is 10.8. The highest BCUT2D eigenvalue weighted by Crippen LogP contribution is 2.18. The first kappa shape index (κ1) is 39.5. The SMILES string of the molecule is CC.CC.CC(C)C.O=C(CNC(=O)c1cc2ccccc2[nH]1)NC(CC1CCNC1=O)C(=O)COC(=O)C(=O)C1=CCCC=C1. The standard InChI is InChI=1S/C27H28N4O7.C4H10.2C2H6/c32-22(15-38-27(37)24(34)16-6-2-1-3-7-16)20(13-18-10-11-28-25(18)35)31-23(33)14-29-26(36)21-12-17-8-4-5-9-19(17)30-21;1-4(2)3;2*1-2/h2,4-9,12,18,20,30H,1,3,10-11,13-15H2,(H,28,35)(H,29,36)(H,31,33);4H,1-3H3;2*1-2H3. The Bertz CT molecular complexity index is 1350. The van der Waals surface area contributed by atoms with Crippen LogP contribution in [0.4, 0.5) is 0 Å². The smallest absolute Gasteiger partial charge is 0.380 e. The third kappa shape index (κ3) is 13.2. The van der Waals surface area contributed by atoms with E-state index in [1.54, 1.807) is 18.2 Å². The van der Waals surface area contributed by atoms with Crippen LogP contribution in [-0.2, 0) is 28.7 Å². The summed E-state index contributed by atoms with van der Waals surface area (Å²) in [5, 5.41) is 8.53. The highest BCUT2D eigenvalue weighted by molar-refractivity contribution is 6.41. The van der Waals surface area contributed by atoms with Crippen LogP contribution >= 0.6 is 0 Å². The van der Waals surface area contributed by atoms with Gasteiger partial charge in [0.05, 0.1) is 12.6 Å². The second kappa shape index (κ2) is 21.2. The van der Waals surface area contributed by atoms with Gasteiger partial charge in [-0.2, -0.15) is 0 Å². The van der Waals surface area contributed by atoms with E-state index in [4.69, 9.17) is 4.74 Å². The second-order valence-corrected chi connectivity index (χ2v) is 10.8. The summed E-state index contributed by atoms with van der Waals surface area (Å²) in [6, 6.07) is 7.82. The van der Waals surface area contributed by atoms with E-state index in [2.05, 4.69) is 41.7 Å². The minimum Gasteiger partial charge on any atom is -0.452 e. The molecule has 0 saturated carbocycles. The number of fused-ring (bicyclic) bond motifs is 1. The number of ketones is 2. The molecule has 2 heterocycles. The first-order valence-electron chi connectivity index (χ1n) is 16.1. The molecular weight excluding hydrogens is 588 g/mol. The molecule has 4 N–H and O–H groups in total. The van der Waals surface area contributed by atoms with Gasteiger partial charge in [-0.1, -0.05) is 84.9 Å². The number of H-pyrrole nitrogens is 1. The summed E-state index contributed by atoms with van der Waals surface area (Å²) in [5.74, 6) is -3.80. The summed E-state index contributed by atoms with van der Waals surface area (Å²) in [6.45, 7) is 13.8. The van der Waals surface area contributed by atoms with E-state index in [9.17, 15) is 28.8 Å². The van der Waals surface area contributed by atoms with Crippen molar-refractivity contribution in [2.24, 2.45) is 11.8 Å². The van der Waals surface area contributed by atoms with Crippen molar-refractivity contribution in [2.45, 2.75) is 80.2 Å². The Kier molecular flexibility index (Phi) is 18.2. The van der Waals surface area contributed by atoms with Crippen molar-refractivity contribution in [1.82, 2.24) is 20.9 Å². The molecular formula is C35H50N4O7. The number of aromatic nitrogens is 1. The zero-order valence-electron chi connectivity index (χ0n) is 28.2. The number of amides is 3. The van der Waals surface area contributed by atoms with Crippen LogP contribution in [-0.4, -0.2) is 66.0 Å². The number of carbonyl (C=O) groups excluding carboxylic acids is 6.